The maximum atomic E-state index is 12.8. The number of rotatable bonds is 9. The van der Waals surface area contributed by atoms with Crippen LogP contribution in [0.1, 0.15) is 16.8 Å². The summed E-state index contributed by atoms with van der Waals surface area (Å²) in [6.07, 6.45) is 5.88. The van der Waals surface area contributed by atoms with Gasteiger partial charge in [-0.2, -0.15) is 0 Å². The second kappa shape index (κ2) is 10.9. The summed E-state index contributed by atoms with van der Waals surface area (Å²) in [4.78, 5) is 17.1. The van der Waals surface area contributed by atoms with Gasteiger partial charge in [0.05, 0.1) is 27.1 Å². The molecule has 0 unspecified atom stereocenters. The zero-order chi connectivity index (χ0) is 24.8. The van der Waals surface area contributed by atoms with Crippen LogP contribution in [0.25, 0.3) is 11.3 Å². The number of aryl methyl sites for hydroxylation is 1. The van der Waals surface area contributed by atoms with E-state index in [2.05, 4.69) is 15.0 Å². The summed E-state index contributed by atoms with van der Waals surface area (Å²) in [7, 11) is -3.56. The number of sulfonamides is 1. The van der Waals surface area contributed by atoms with Gasteiger partial charge in [0.1, 0.15) is 0 Å². The lowest BCUT2D eigenvalue weighted by atomic mass is 10.1. The molecule has 4 rings (SSSR count). The standard InChI is InChI=1S/C25H22Cl2N4O3S/c26-22-10-8-18(16-21(22)24-6-1-2-11-28-24)29-25(32)20-9-7-19(17-23(20)27)30-35(33,34)15-5-14-31-12-3-4-13-31/h1-4,6-13,16-17,30H,5,14-15H2,(H,29,32). The van der Waals surface area contributed by atoms with Crippen molar-refractivity contribution in [2.45, 2.75) is 13.0 Å². The molecule has 0 saturated carbocycles. The Balaban J connectivity index is 1.41. The van der Waals surface area contributed by atoms with E-state index in [-0.39, 0.29) is 22.0 Å². The van der Waals surface area contributed by atoms with Crippen molar-refractivity contribution in [1.29, 1.82) is 0 Å². The second-order valence-corrected chi connectivity index (χ2v) is 10.4. The lowest BCUT2D eigenvalue weighted by Gasteiger charge is -2.12. The summed E-state index contributed by atoms with van der Waals surface area (Å²) < 4.78 is 29.3. The molecule has 0 radical (unpaired) electrons. The largest absolute Gasteiger partial charge is 0.354 e. The molecular formula is C25H22Cl2N4O3S. The maximum absolute atomic E-state index is 12.8. The zero-order valence-electron chi connectivity index (χ0n) is 18.5. The predicted octanol–water partition coefficient (Wildman–Crippen LogP) is 5.94. The van der Waals surface area contributed by atoms with E-state index in [1.54, 1.807) is 30.5 Å². The van der Waals surface area contributed by atoms with Crippen LogP contribution in [0.15, 0.2) is 85.3 Å². The first kappa shape index (κ1) is 24.8. The van der Waals surface area contributed by atoms with Gasteiger partial charge in [-0.25, -0.2) is 8.42 Å². The average molecular weight is 529 g/mol. The number of carbonyl (C=O) groups is 1. The zero-order valence-corrected chi connectivity index (χ0v) is 20.8. The van der Waals surface area contributed by atoms with Crippen LogP contribution in [0.4, 0.5) is 11.4 Å². The fourth-order valence-corrected chi connectivity index (χ4v) is 5.05. The molecule has 0 saturated heterocycles. The monoisotopic (exact) mass is 528 g/mol. The van der Waals surface area contributed by atoms with E-state index in [0.29, 0.717) is 34.9 Å². The van der Waals surface area contributed by atoms with Gasteiger partial charge in [-0.05, 0) is 67.1 Å². The fraction of sp³-hybridized carbons (Fsp3) is 0.120. The molecule has 0 aliphatic rings. The van der Waals surface area contributed by atoms with E-state index in [9.17, 15) is 13.2 Å². The topological polar surface area (TPSA) is 93.1 Å². The first-order chi connectivity index (χ1) is 16.8. The van der Waals surface area contributed by atoms with Crippen molar-refractivity contribution in [2.24, 2.45) is 0 Å². The maximum Gasteiger partial charge on any atom is 0.257 e. The van der Waals surface area contributed by atoms with Crippen LogP contribution < -0.4 is 10.0 Å². The van der Waals surface area contributed by atoms with E-state index in [1.165, 1.54) is 18.2 Å². The van der Waals surface area contributed by atoms with E-state index in [4.69, 9.17) is 23.2 Å². The van der Waals surface area contributed by atoms with Gasteiger partial charge in [-0.3, -0.25) is 14.5 Å². The number of anilines is 2. The van der Waals surface area contributed by atoms with Gasteiger partial charge in [-0.1, -0.05) is 29.3 Å². The van der Waals surface area contributed by atoms with E-state index < -0.39 is 15.9 Å². The first-order valence-electron chi connectivity index (χ1n) is 10.7. The molecule has 2 N–H and O–H groups in total. The van der Waals surface area contributed by atoms with Crippen molar-refractivity contribution in [2.75, 3.05) is 15.8 Å². The molecule has 0 atom stereocenters. The molecule has 2 aromatic carbocycles. The Morgan fingerprint density at radius 1 is 0.914 bits per heavy atom. The number of hydrogen-bond acceptors (Lipinski definition) is 4. The third kappa shape index (κ3) is 6.63. The minimum atomic E-state index is -3.56. The van der Waals surface area contributed by atoms with Gasteiger partial charge >= 0.3 is 0 Å². The van der Waals surface area contributed by atoms with Gasteiger partial charge in [-0.15, -0.1) is 0 Å². The molecule has 2 heterocycles. The predicted molar refractivity (Wildman–Crippen MR) is 141 cm³/mol. The van der Waals surface area contributed by atoms with Crippen molar-refractivity contribution in [3.8, 4) is 11.3 Å². The highest BCUT2D eigenvalue weighted by Gasteiger charge is 2.16. The minimum absolute atomic E-state index is 0.0415. The molecule has 1 amide bonds. The number of nitrogens with one attached hydrogen (secondary N) is 2. The normalized spacial score (nSPS) is 11.3. The molecule has 0 aliphatic carbocycles. The molecule has 0 bridgehead atoms. The second-order valence-electron chi connectivity index (χ2n) is 7.75. The summed E-state index contributed by atoms with van der Waals surface area (Å²) in [6.45, 7) is 0.598. The SMILES string of the molecule is O=C(Nc1ccc(Cl)c(-c2ccccn2)c1)c1ccc(NS(=O)(=O)CCCn2cccc2)cc1Cl. The smallest absolute Gasteiger partial charge is 0.257 e. The number of carbonyl (C=O) groups excluding carboxylic acids is 1. The van der Waals surface area contributed by atoms with Crippen molar-refractivity contribution in [3.05, 3.63) is 101 Å². The van der Waals surface area contributed by atoms with E-state index in [1.807, 2.05) is 41.2 Å². The molecule has 2 aromatic heterocycles. The van der Waals surface area contributed by atoms with Crippen LogP contribution in [0.2, 0.25) is 10.0 Å². The van der Waals surface area contributed by atoms with Gasteiger partial charge in [0, 0.05) is 42.1 Å². The van der Waals surface area contributed by atoms with Crippen molar-refractivity contribution in [1.82, 2.24) is 9.55 Å². The van der Waals surface area contributed by atoms with Crippen LogP contribution in [0.3, 0.4) is 0 Å². The van der Waals surface area contributed by atoms with Crippen molar-refractivity contribution >= 4 is 50.5 Å². The number of aromatic nitrogens is 2. The Kier molecular flexibility index (Phi) is 7.75. The Bertz CT molecular complexity index is 1430. The summed E-state index contributed by atoms with van der Waals surface area (Å²) in [5, 5.41) is 3.42. The van der Waals surface area contributed by atoms with Gasteiger partial charge < -0.3 is 9.88 Å². The molecule has 0 aliphatic heterocycles. The molecule has 0 fully saturated rings. The van der Waals surface area contributed by atoms with Crippen LogP contribution >= 0.6 is 23.2 Å². The van der Waals surface area contributed by atoms with Crippen molar-refractivity contribution in [3.63, 3.8) is 0 Å². The number of nitrogens with zero attached hydrogens (tertiary/aromatic N) is 2. The molecule has 35 heavy (non-hydrogen) atoms. The van der Waals surface area contributed by atoms with E-state index in [0.717, 1.165) is 0 Å². The average Bonchev–Trinajstić information content (AvgIpc) is 3.34. The summed E-state index contributed by atoms with van der Waals surface area (Å²) >= 11 is 12.6. The highest BCUT2D eigenvalue weighted by molar-refractivity contribution is 7.92. The molecule has 0 spiro atoms. The highest BCUT2D eigenvalue weighted by atomic mass is 35.5. The van der Waals surface area contributed by atoms with Gasteiger partial charge in [0.2, 0.25) is 10.0 Å². The third-order valence-electron chi connectivity index (χ3n) is 5.15. The summed E-state index contributed by atoms with van der Waals surface area (Å²) in [6, 6.07) is 18.7. The van der Waals surface area contributed by atoms with Gasteiger partial charge in [0.25, 0.3) is 5.91 Å². The molecule has 10 heteroatoms. The number of halogens is 2. The Hall–Kier alpha value is -3.33. The highest BCUT2D eigenvalue weighted by Crippen LogP contribution is 2.30. The number of pyridine rings is 1. The number of hydrogen-bond donors (Lipinski definition) is 2. The fourth-order valence-electron chi connectivity index (χ4n) is 3.47. The van der Waals surface area contributed by atoms with Gasteiger partial charge in [0.15, 0.2) is 0 Å². The summed E-state index contributed by atoms with van der Waals surface area (Å²) in [5.41, 5.74) is 2.37. The quantitative estimate of drug-likeness (QED) is 0.281. The molecule has 7 nitrogen and oxygen atoms in total. The number of amides is 1. The third-order valence-corrected chi connectivity index (χ3v) is 7.16. The Labute approximate surface area is 213 Å². The van der Waals surface area contributed by atoms with Crippen LogP contribution in [-0.4, -0.2) is 29.6 Å². The molecule has 180 valence electrons. The first-order valence-corrected chi connectivity index (χ1v) is 13.1. The van der Waals surface area contributed by atoms with E-state index >= 15 is 0 Å². The lowest BCUT2D eigenvalue weighted by Crippen LogP contribution is -2.18. The molecular weight excluding hydrogens is 507 g/mol. The molecule has 4 aromatic rings. The number of benzene rings is 2. The van der Waals surface area contributed by atoms with Crippen LogP contribution in [0, 0.1) is 0 Å². The van der Waals surface area contributed by atoms with Crippen LogP contribution in [-0.2, 0) is 16.6 Å². The Morgan fingerprint density at radius 3 is 2.40 bits per heavy atom. The minimum Gasteiger partial charge on any atom is -0.354 e. The van der Waals surface area contributed by atoms with Crippen LogP contribution in [0.5, 0.6) is 0 Å². The van der Waals surface area contributed by atoms with Crippen molar-refractivity contribution < 1.29 is 13.2 Å². The lowest BCUT2D eigenvalue weighted by molar-refractivity contribution is 0.102. The summed E-state index contributed by atoms with van der Waals surface area (Å²) in [5.74, 6) is -0.481. The Morgan fingerprint density at radius 2 is 1.69 bits per heavy atom.